The summed E-state index contributed by atoms with van der Waals surface area (Å²) in [5.74, 6) is 0. The van der Waals surface area contributed by atoms with Crippen LogP contribution in [0.4, 0.5) is 5.13 Å². The maximum absolute atomic E-state index is 6.09. The number of ether oxygens (including phenoxy) is 1. The lowest BCUT2D eigenvalue weighted by molar-refractivity contribution is -0.00736. The van der Waals surface area contributed by atoms with E-state index in [1.54, 1.807) is 0 Å². The Kier molecular flexibility index (Phi) is 4.38. The van der Waals surface area contributed by atoms with Crippen molar-refractivity contribution in [1.82, 2.24) is 9.88 Å². The van der Waals surface area contributed by atoms with E-state index < -0.39 is 0 Å². The molecule has 3 aliphatic rings. The molecule has 0 aromatic carbocycles. The number of nitrogens with zero attached hydrogens (tertiary/aromatic N) is 3. The Labute approximate surface area is 137 Å². The zero-order valence-corrected chi connectivity index (χ0v) is 14.2. The van der Waals surface area contributed by atoms with E-state index in [1.165, 1.54) is 81.1 Å². The van der Waals surface area contributed by atoms with Crippen LogP contribution < -0.4 is 4.90 Å². The van der Waals surface area contributed by atoms with Gasteiger partial charge in [-0.15, -0.1) is 11.3 Å². The van der Waals surface area contributed by atoms with Crippen molar-refractivity contribution in [2.75, 3.05) is 37.7 Å². The summed E-state index contributed by atoms with van der Waals surface area (Å²) in [4.78, 5) is 11.1. The lowest BCUT2D eigenvalue weighted by atomic mass is 9.92. The topological polar surface area (TPSA) is 28.6 Å². The molecule has 1 aromatic heterocycles. The van der Waals surface area contributed by atoms with Gasteiger partial charge >= 0.3 is 0 Å². The number of rotatable bonds is 3. The minimum absolute atomic E-state index is 0.225. The van der Waals surface area contributed by atoms with Gasteiger partial charge in [0.15, 0.2) is 5.13 Å². The maximum Gasteiger partial charge on any atom is 0.185 e. The van der Waals surface area contributed by atoms with E-state index >= 15 is 0 Å². The van der Waals surface area contributed by atoms with Crippen LogP contribution in [0.3, 0.4) is 0 Å². The SMILES string of the molecule is c1nc(N2CCCC2)sc1CN1CCCC2(CCCO2)CC1. The second kappa shape index (κ2) is 6.46. The highest BCUT2D eigenvalue weighted by Gasteiger charge is 2.36. The Bertz CT molecular complexity index is 492. The summed E-state index contributed by atoms with van der Waals surface area (Å²) in [5.41, 5.74) is 0.225. The standard InChI is InChI=1S/C17H27N3OS/c1-2-10-20(9-1)16-18-13-15(22-16)14-19-8-3-5-17(7-11-19)6-4-12-21-17/h13H,1-12,14H2. The van der Waals surface area contributed by atoms with Crippen LogP contribution >= 0.6 is 11.3 Å². The zero-order valence-electron chi connectivity index (χ0n) is 13.4. The van der Waals surface area contributed by atoms with Crippen LogP contribution in [0.15, 0.2) is 6.20 Å². The van der Waals surface area contributed by atoms with Crippen LogP contribution in [0.5, 0.6) is 0 Å². The van der Waals surface area contributed by atoms with E-state index in [-0.39, 0.29) is 5.60 Å². The Hall–Kier alpha value is -0.650. The van der Waals surface area contributed by atoms with Crippen molar-refractivity contribution in [3.05, 3.63) is 11.1 Å². The van der Waals surface area contributed by atoms with Gasteiger partial charge in [-0.25, -0.2) is 4.98 Å². The number of hydrogen-bond acceptors (Lipinski definition) is 5. The van der Waals surface area contributed by atoms with Crippen molar-refractivity contribution in [3.8, 4) is 0 Å². The zero-order chi connectivity index (χ0) is 14.8. The van der Waals surface area contributed by atoms with Crippen LogP contribution in [0, 0.1) is 0 Å². The molecule has 3 fully saturated rings. The minimum atomic E-state index is 0.225. The number of likely N-dealkylation sites (tertiary alicyclic amines) is 1. The molecule has 0 aliphatic carbocycles. The quantitative estimate of drug-likeness (QED) is 0.854. The minimum Gasteiger partial charge on any atom is -0.375 e. The summed E-state index contributed by atoms with van der Waals surface area (Å²) in [6.07, 6.45) is 11.0. The van der Waals surface area contributed by atoms with Crippen molar-refractivity contribution in [2.45, 2.75) is 57.1 Å². The van der Waals surface area contributed by atoms with Crippen molar-refractivity contribution in [3.63, 3.8) is 0 Å². The van der Waals surface area contributed by atoms with Crippen molar-refractivity contribution in [2.24, 2.45) is 0 Å². The first-order chi connectivity index (χ1) is 10.8. The molecule has 0 N–H and O–H groups in total. The molecule has 1 atom stereocenters. The van der Waals surface area contributed by atoms with Crippen molar-refractivity contribution >= 4 is 16.5 Å². The lowest BCUT2D eigenvalue weighted by Gasteiger charge is -2.26. The molecule has 0 amide bonds. The Balaban J connectivity index is 1.35. The molecule has 0 bridgehead atoms. The molecule has 4 rings (SSSR count). The van der Waals surface area contributed by atoms with E-state index in [0.717, 1.165) is 13.2 Å². The van der Waals surface area contributed by atoms with Gasteiger partial charge in [0.25, 0.3) is 0 Å². The fourth-order valence-corrected chi connectivity index (χ4v) is 5.18. The molecular formula is C17H27N3OS. The molecular weight excluding hydrogens is 294 g/mol. The van der Waals surface area contributed by atoms with E-state index in [0.29, 0.717) is 0 Å². The van der Waals surface area contributed by atoms with Gasteiger partial charge in [0, 0.05) is 43.9 Å². The second-order valence-electron chi connectivity index (χ2n) is 7.07. The number of hydrogen-bond donors (Lipinski definition) is 0. The van der Waals surface area contributed by atoms with Crippen LogP contribution in [0.25, 0.3) is 0 Å². The van der Waals surface area contributed by atoms with Gasteiger partial charge in [-0.3, -0.25) is 4.90 Å². The highest BCUT2D eigenvalue weighted by atomic mass is 32.1. The average Bonchev–Trinajstić information content (AvgIpc) is 3.24. The summed E-state index contributed by atoms with van der Waals surface area (Å²) in [7, 11) is 0. The lowest BCUT2D eigenvalue weighted by Crippen LogP contribution is -2.30. The van der Waals surface area contributed by atoms with Gasteiger partial charge in [-0.1, -0.05) is 0 Å². The van der Waals surface area contributed by atoms with Gasteiger partial charge in [0.2, 0.25) is 0 Å². The van der Waals surface area contributed by atoms with Crippen LogP contribution in [-0.2, 0) is 11.3 Å². The molecule has 0 radical (unpaired) electrons. The van der Waals surface area contributed by atoms with Gasteiger partial charge in [-0.2, -0.15) is 0 Å². The Morgan fingerprint density at radius 1 is 1.05 bits per heavy atom. The predicted octanol–water partition coefficient (Wildman–Crippen LogP) is 3.28. The maximum atomic E-state index is 6.09. The van der Waals surface area contributed by atoms with Crippen LogP contribution in [-0.4, -0.2) is 48.3 Å². The molecule has 3 saturated heterocycles. The van der Waals surface area contributed by atoms with Crippen LogP contribution in [0.1, 0.15) is 49.8 Å². The second-order valence-corrected chi connectivity index (χ2v) is 8.16. The van der Waals surface area contributed by atoms with E-state index in [2.05, 4.69) is 21.0 Å². The van der Waals surface area contributed by atoms with E-state index in [9.17, 15) is 0 Å². The number of aromatic nitrogens is 1. The molecule has 1 spiro atoms. The Morgan fingerprint density at radius 2 is 1.91 bits per heavy atom. The fourth-order valence-electron chi connectivity index (χ4n) is 4.18. The highest BCUT2D eigenvalue weighted by molar-refractivity contribution is 7.15. The van der Waals surface area contributed by atoms with Gasteiger partial charge < -0.3 is 9.64 Å². The monoisotopic (exact) mass is 321 g/mol. The molecule has 4 heterocycles. The smallest absolute Gasteiger partial charge is 0.185 e. The van der Waals surface area contributed by atoms with E-state index in [4.69, 9.17) is 4.74 Å². The fraction of sp³-hybridized carbons (Fsp3) is 0.824. The molecule has 1 aromatic rings. The third-order valence-electron chi connectivity index (χ3n) is 5.47. The predicted molar refractivity (Wildman–Crippen MR) is 90.6 cm³/mol. The number of anilines is 1. The third kappa shape index (κ3) is 3.17. The molecule has 122 valence electrons. The molecule has 0 saturated carbocycles. The summed E-state index contributed by atoms with van der Waals surface area (Å²) in [6.45, 7) is 6.82. The first kappa shape index (κ1) is 14.9. The summed E-state index contributed by atoms with van der Waals surface area (Å²) >= 11 is 1.90. The summed E-state index contributed by atoms with van der Waals surface area (Å²) < 4.78 is 6.09. The van der Waals surface area contributed by atoms with Crippen molar-refractivity contribution in [1.29, 1.82) is 0 Å². The normalized spacial score (nSPS) is 30.3. The molecule has 3 aliphatic heterocycles. The van der Waals surface area contributed by atoms with Crippen molar-refractivity contribution < 1.29 is 4.74 Å². The average molecular weight is 321 g/mol. The van der Waals surface area contributed by atoms with Gasteiger partial charge in [0.05, 0.1) is 5.60 Å². The van der Waals surface area contributed by atoms with Crippen LogP contribution in [0.2, 0.25) is 0 Å². The molecule has 1 unspecified atom stereocenters. The summed E-state index contributed by atoms with van der Waals surface area (Å²) in [6, 6.07) is 0. The summed E-state index contributed by atoms with van der Waals surface area (Å²) in [5, 5.41) is 1.23. The molecule has 22 heavy (non-hydrogen) atoms. The van der Waals surface area contributed by atoms with Gasteiger partial charge in [-0.05, 0) is 51.5 Å². The third-order valence-corrected chi connectivity index (χ3v) is 6.52. The first-order valence-electron chi connectivity index (χ1n) is 8.89. The largest absolute Gasteiger partial charge is 0.375 e. The van der Waals surface area contributed by atoms with E-state index in [1.807, 2.05) is 11.3 Å². The van der Waals surface area contributed by atoms with Gasteiger partial charge in [0.1, 0.15) is 0 Å². The first-order valence-corrected chi connectivity index (χ1v) is 9.71. The highest BCUT2D eigenvalue weighted by Crippen LogP contribution is 2.36. The molecule has 5 heteroatoms. The Morgan fingerprint density at radius 3 is 2.73 bits per heavy atom. The number of thiazole rings is 1. The molecule has 4 nitrogen and oxygen atoms in total.